The Morgan fingerprint density at radius 2 is 2.42 bits per heavy atom. The highest BCUT2D eigenvalue weighted by Gasteiger charge is 2.22. The predicted molar refractivity (Wildman–Crippen MR) is 47.6 cm³/mol. The number of hydrogen-bond donors (Lipinski definition) is 0. The SMILES string of the molecule is CCCCOC1CC(=CC#N)C1. The summed E-state index contributed by atoms with van der Waals surface area (Å²) in [6, 6.07) is 2.04. The van der Waals surface area contributed by atoms with Crippen LogP contribution in [0.5, 0.6) is 0 Å². The standard InChI is InChI=1S/C10H15NO/c1-2-3-6-12-10-7-9(8-10)4-5-11/h4,10H,2-3,6-8H2,1H3. The summed E-state index contributed by atoms with van der Waals surface area (Å²) in [7, 11) is 0. The van der Waals surface area contributed by atoms with E-state index in [1.54, 1.807) is 6.08 Å². The highest BCUT2D eigenvalue weighted by atomic mass is 16.5. The number of nitrogens with zero attached hydrogens (tertiary/aromatic N) is 1. The van der Waals surface area contributed by atoms with Gasteiger partial charge >= 0.3 is 0 Å². The molecule has 0 heterocycles. The molecule has 0 aromatic heterocycles. The van der Waals surface area contributed by atoms with Crippen molar-refractivity contribution in [1.29, 1.82) is 5.26 Å². The zero-order chi connectivity index (χ0) is 8.81. The third-order valence-electron chi connectivity index (χ3n) is 2.10. The molecule has 0 spiro atoms. The molecule has 1 rings (SSSR count). The quantitative estimate of drug-likeness (QED) is 0.473. The summed E-state index contributed by atoms with van der Waals surface area (Å²) in [6.45, 7) is 3.03. The number of ether oxygens (including phenoxy) is 1. The van der Waals surface area contributed by atoms with Crippen LogP contribution in [0.15, 0.2) is 11.6 Å². The topological polar surface area (TPSA) is 33.0 Å². The van der Waals surface area contributed by atoms with Crippen molar-refractivity contribution in [2.75, 3.05) is 6.61 Å². The monoisotopic (exact) mass is 165 g/mol. The first-order valence-corrected chi connectivity index (χ1v) is 4.56. The van der Waals surface area contributed by atoms with Crippen LogP contribution < -0.4 is 0 Å². The van der Waals surface area contributed by atoms with Crippen LogP contribution in [0.1, 0.15) is 32.6 Å². The summed E-state index contributed by atoms with van der Waals surface area (Å²) < 4.78 is 5.54. The van der Waals surface area contributed by atoms with Crippen molar-refractivity contribution in [2.24, 2.45) is 0 Å². The Hall–Kier alpha value is -0.810. The van der Waals surface area contributed by atoms with E-state index in [0.717, 1.165) is 25.9 Å². The zero-order valence-electron chi connectivity index (χ0n) is 7.55. The normalized spacial score (nSPS) is 21.3. The fraction of sp³-hybridized carbons (Fsp3) is 0.700. The first kappa shape index (κ1) is 9.28. The molecule has 0 atom stereocenters. The molecule has 0 aromatic rings. The van der Waals surface area contributed by atoms with E-state index in [4.69, 9.17) is 10.00 Å². The highest BCUT2D eigenvalue weighted by Crippen LogP contribution is 2.28. The molecule has 2 heteroatoms. The Bertz CT molecular complexity index is 194. The largest absolute Gasteiger partial charge is 0.378 e. The number of unbranched alkanes of at least 4 members (excludes halogenated alkanes) is 1. The molecule has 1 saturated carbocycles. The molecule has 0 radical (unpaired) electrons. The molecule has 0 N–H and O–H groups in total. The van der Waals surface area contributed by atoms with Gasteiger partial charge < -0.3 is 4.74 Å². The minimum atomic E-state index is 0.399. The lowest BCUT2D eigenvalue weighted by atomic mass is 9.89. The third-order valence-corrected chi connectivity index (χ3v) is 2.10. The minimum Gasteiger partial charge on any atom is -0.378 e. The van der Waals surface area contributed by atoms with Gasteiger partial charge in [-0.15, -0.1) is 0 Å². The maximum atomic E-state index is 8.33. The second-order valence-electron chi connectivity index (χ2n) is 3.19. The molecular formula is C10H15NO. The molecule has 0 unspecified atom stereocenters. The molecule has 0 amide bonds. The summed E-state index contributed by atoms with van der Waals surface area (Å²) in [4.78, 5) is 0. The first-order valence-electron chi connectivity index (χ1n) is 4.56. The van der Waals surface area contributed by atoms with Gasteiger partial charge in [-0.2, -0.15) is 5.26 Å². The van der Waals surface area contributed by atoms with Gasteiger partial charge in [0.2, 0.25) is 0 Å². The summed E-state index contributed by atoms with van der Waals surface area (Å²) in [5, 5.41) is 8.33. The van der Waals surface area contributed by atoms with Gasteiger partial charge in [-0.3, -0.25) is 0 Å². The van der Waals surface area contributed by atoms with Crippen LogP contribution in [-0.4, -0.2) is 12.7 Å². The summed E-state index contributed by atoms with van der Waals surface area (Å²) in [5.41, 5.74) is 1.24. The Balaban J connectivity index is 2.03. The zero-order valence-corrected chi connectivity index (χ0v) is 7.55. The van der Waals surface area contributed by atoms with Crippen molar-refractivity contribution in [3.05, 3.63) is 11.6 Å². The summed E-state index contributed by atoms with van der Waals surface area (Å²) >= 11 is 0. The van der Waals surface area contributed by atoms with Crippen molar-refractivity contribution in [3.63, 3.8) is 0 Å². The van der Waals surface area contributed by atoms with E-state index in [-0.39, 0.29) is 0 Å². The van der Waals surface area contributed by atoms with E-state index in [1.165, 1.54) is 12.0 Å². The van der Waals surface area contributed by atoms with Crippen molar-refractivity contribution in [2.45, 2.75) is 38.7 Å². The van der Waals surface area contributed by atoms with Gasteiger partial charge in [0.05, 0.1) is 12.2 Å². The number of hydrogen-bond acceptors (Lipinski definition) is 2. The van der Waals surface area contributed by atoms with Gasteiger partial charge in [-0.25, -0.2) is 0 Å². The van der Waals surface area contributed by atoms with Gasteiger partial charge in [-0.05, 0) is 19.3 Å². The van der Waals surface area contributed by atoms with Gasteiger partial charge in [0, 0.05) is 12.7 Å². The van der Waals surface area contributed by atoms with Crippen LogP contribution in [0, 0.1) is 11.3 Å². The summed E-state index contributed by atoms with van der Waals surface area (Å²) in [5.74, 6) is 0. The van der Waals surface area contributed by atoms with Gasteiger partial charge in [-0.1, -0.05) is 18.9 Å². The average Bonchev–Trinajstić information content (AvgIpc) is 2.00. The maximum Gasteiger partial charge on any atom is 0.0911 e. The number of nitriles is 1. The van der Waals surface area contributed by atoms with Gasteiger partial charge in [0.15, 0.2) is 0 Å². The van der Waals surface area contributed by atoms with Crippen molar-refractivity contribution < 1.29 is 4.74 Å². The summed E-state index contributed by atoms with van der Waals surface area (Å²) in [6.07, 6.45) is 6.31. The number of rotatable bonds is 4. The molecule has 1 aliphatic rings. The fourth-order valence-corrected chi connectivity index (χ4v) is 1.25. The molecule has 66 valence electrons. The third kappa shape index (κ3) is 2.67. The van der Waals surface area contributed by atoms with Crippen LogP contribution in [-0.2, 0) is 4.74 Å². The van der Waals surface area contributed by atoms with Crippen LogP contribution in [0.3, 0.4) is 0 Å². The molecule has 1 aliphatic carbocycles. The van der Waals surface area contributed by atoms with E-state index in [0.29, 0.717) is 6.10 Å². The molecular weight excluding hydrogens is 150 g/mol. The lowest BCUT2D eigenvalue weighted by Crippen LogP contribution is -2.24. The van der Waals surface area contributed by atoms with Crippen LogP contribution in [0.4, 0.5) is 0 Å². The van der Waals surface area contributed by atoms with E-state index >= 15 is 0 Å². The molecule has 0 aromatic carbocycles. The van der Waals surface area contributed by atoms with E-state index in [1.807, 2.05) is 6.07 Å². The Kier molecular flexibility index (Phi) is 3.83. The fourth-order valence-electron chi connectivity index (χ4n) is 1.25. The molecule has 0 aliphatic heterocycles. The van der Waals surface area contributed by atoms with E-state index < -0.39 is 0 Å². The Morgan fingerprint density at radius 3 is 3.00 bits per heavy atom. The van der Waals surface area contributed by atoms with Gasteiger partial charge in [0.25, 0.3) is 0 Å². The lowest BCUT2D eigenvalue weighted by molar-refractivity contribution is 0.0268. The second-order valence-corrected chi connectivity index (χ2v) is 3.19. The molecule has 2 nitrogen and oxygen atoms in total. The van der Waals surface area contributed by atoms with Crippen LogP contribution >= 0.6 is 0 Å². The highest BCUT2D eigenvalue weighted by molar-refractivity contribution is 5.21. The van der Waals surface area contributed by atoms with E-state index in [9.17, 15) is 0 Å². The minimum absolute atomic E-state index is 0.399. The maximum absolute atomic E-state index is 8.33. The van der Waals surface area contributed by atoms with E-state index in [2.05, 4.69) is 6.92 Å². The van der Waals surface area contributed by atoms with Crippen molar-refractivity contribution >= 4 is 0 Å². The molecule has 0 saturated heterocycles. The smallest absolute Gasteiger partial charge is 0.0911 e. The predicted octanol–water partition coefficient (Wildman–Crippen LogP) is 2.42. The van der Waals surface area contributed by atoms with Crippen molar-refractivity contribution in [3.8, 4) is 6.07 Å². The van der Waals surface area contributed by atoms with Crippen LogP contribution in [0.25, 0.3) is 0 Å². The van der Waals surface area contributed by atoms with Crippen LogP contribution in [0.2, 0.25) is 0 Å². The lowest BCUT2D eigenvalue weighted by Gasteiger charge is -2.28. The molecule has 1 fully saturated rings. The van der Waals surface area contributed by atoms with Gasteiger partial charge in [0.1, 0.15) is 0 Å². The number of allylic oxidation sites excluding steroid dienone is 1. The second kappa shape index (κ2) is 4.95. The molecule has 0 bridgehead atoms. The Morgan fingerprint density at radius 1 is 1.67 bits per heavy atom. The average molecular weight is 165 g/mol. The van der Waals surface area contributed by atoms with Crippen molar-refractivity contribution in [1.82, 2.24) is 0 Å². The first-order chi connectivity index (χ1) is 5.86. The Labute approximate surface area is 73.8 Å². The molecule has 12 heavy (non-hydrogen) atoms.